The van der Waals surface area contributed by atoms with E-state index in [1.807, 2.05) is 0 Å². The molecule has 84 valence electrons. The normalized spacial score (nSPS) is 12.5. The average molecular weight is 206 g/mol. The summed E-state index contributed by atoms with van der Waals surface area (Å²) in [5.74, 6) is 0. The first-order valence-electron chi connectivity index (χ1n) is 5.70. The zero-order chi connectivity index (χ0) is 11.3. The molecule has 1 atom stereocenters. The minimum atomic E-state index is 0.596. The molecule has 0 saturated carbocycles. The van der Waals surface area contributed by atoms with Gasteiger partial charge in [-0.3, -0.25) is 0 Å². The summed E-state index contributed by atoms with van der Waals surface area (Å²) in [6.45, 7) is 5.11. The van der Waals surface area contributed by atoms with Gasteiger partial charge in [0, 0.05) is 25.3 Å². The van der Waals surface area contributed by atoms with Crippen LogP contribution in [0, 0.1) is 0 Å². The number of nitrogens with two attached hydrogens (primary N) is 1. The summed E-state index contributed by atoms with van der Waals surface area (Å²) in [5.41, 5.74) is 8.03. The van der Waals surface area contributed by atoms with Crippen molar-refractivity contribution in [1.29, 1.82) is 0 Å². The highest BCUT2D eigenvalue weighted by atomic mass is 15.1. The summed E-state index contributed by atoms with van der Waals surface area (Å²) in [6.07, 6.45) is 2.46. The first kappa shape index (κ1) is 12.1. The van der Waals surface area contributed by atoms with Gasteiger partial charge < -0.3 is 10.6 Å². The van der Waals surface area contributed by atoms with Crippen LogP contribution in [-0.4, -0.2) is 13.1 Å². The van der Waals surface area contributed by atoms with Gasteiger partial charge in [0.25, 0.3) is 0 Å². The highest BCUT2D eigenvalue weighted by Gasteiger charge is 2.08. The van der Waals surface area contributed by atoms with Crippen LogP contribution in [0.3, 0.4) is 0 Å². The van der Waals surface area contributed by atoms with Gasteiger partial charge >= 0.3 is 0 Å². The fraction of sp³-hybridized carbons (Fsp3) is 0.538. The largest absolute Gasteiger partial charge is 0.372 e. The van der Waals surface area contributed by atoms with Crippen LogP contribution >= 0.6 is 0 Å². The van der Waals surface area contributed by atoms with Gasteiger partial charge in [0.15, 0.2) is 0 Å². The second-order valence-electron chi connectivity index (χ2n) is 4.12. The molecule has 0 spiro atoms. The third-order valence-electron chi connectivity index (χ3n) is 2.95. The van der Waals surface area contributed by atoms with E-state index >= 15 is 0 Å². The Labute approximate surface area is 93.1 Å². The topological polar surface area (TPSA) is 29.3 Å². The molecule has 1 rings (SSSR count). The number of rotatable bonds is 5. The quantitative estimate of drug-likeness (QED) is 0.802. The molecule has 0 heterocycles. The zero-order valence-corrected chi connectivity index (χ0v) is 10.0. The van der Waals surface area contributed by atoms with Crippen molar-refractivity contribution in [2.75, 3.05) is 11.9 Å². The van der Waals surface area contributed by atoms with E-state index in [9.17, 15) is 0 Å². The van der Waals surface area contributed by atoms with E-state index in [1.54, 1.807) is 0 Å². The van der Waals surface area contributed by atoms with Crippen molar-refractivity contribution in [3.63, 3.8) is 0 Å². The summed E-state index contributed by atoms with van der Waals surface area (Å²) in [4.78, 5) is 2.32. The van der Waals surface area contributed by atoms with Crippen LogP contribution < -0.4 is 10.6 Å². The summed E-state index contributed by atoms with van der Waals surface area (Å²) in [5, 5.41) is 0. The van der Waals surface area contributed by atoms with Gasteiger partial charge in [-0.1, -0.05) is 25.5 Å². The van der Waals surface area contributed by atoms with E-state index in [2.05, 4.69) is 50.1 Å². The third-order valence-corrected chi connectivity index (χ3v) is 2.95. The Balaban J connectivity index is 2.69. The van der Waals surface area contributed by atoms with Crippen molar-refractivity contribution in [2.24, 2.45) is 5.73 Å². The fourth-order valence-electron chi connectivity index (χ4n) is 1.73. The number of nitrogens with zero attached hydrogens (tertiary/aromatic N) is 1. The number of hydrogen-bond acceptors (Lipinski definition) is 2. The van der Waals surface area contributed by atoms with Crippen LogP contribution in [0.2, 0.25) is 0 Å². The van der Waals surface area contributed by atoms with Gasteiger partial charge in [-0.25, -0.2) is 0 Å². The zero-order valence-electron chi connectivity index (χ0n) is 10.0. The number of hydrogen-bond donors (Lipinski definition) is 1. The average Bonchev–Trinajstić information content (AvgIpc) is 2.28. The molecule has 2 nitrogen and oxygen atoms in total. The van der Waals surface area contributed by atoms with Crippen molar-refractivity contribution < 1.29 is 0 Å². The molecule has 0 amide bonds. The minimum absolute atomic E-state index is 0.596. The highest BCUT2D eigenvalue weighted by Crippen LogP contribution is 2.17. The molecule has 0 aliphatic carbocycles. The molecule has 15 heavy (non-hydrogen) atoms. The summed E-state index contributed by atoms with van der Waals surface area (Å²) in [7, 11) is 2.15. The predicted octanol–water partition coefficient (Wildman–Crippen LogP) is 2.77. The third kappa shape index (κ3) is 3.24. The molecular formula is C13H22N2. The Hall–Kier alpha value is -1.02. The maximum atomic E-state index is 5.57. The lowest BCUT2D eigenvalue weighted by molar-refractivity contribution is 0.616. The molecular weight excluding hydrogens is 184 g/mol. The molecule has 2 heteroatoms. The number of benzene rings is 1. The van der Waals surface area contributed by atoms with Crippen molar-refractivity contribution in [1.82, 2.24) is 0 Å². The monoisotopic (exact) mass is 206 g/mol. The van der Waals surface area contributed by atoms with E-state index in [0.29, 0.717) is 12.6 Å². The Bertz CT molecular complexity index is 279. The second-order valence-corrected chi connectivity index (χ2v) is 4.12. The second kappa shape index (κ2) is 5.76. The lowest BCUT2D eigenvalue weighted by Gasteiger charge is -2.26. The van der Waals surface area contributed by atoms with Crippen molar-refractivity contribution in [2.45, 2.75) is 39.3 Å². The van der Waals surface area contributed by atoms with E-state index in [0.717, 1.165) is 0 Å². The van der Waals surface area contributed by atoms with Gasteiger partial charge in [-0.2, -0.15) is 0 Å². The van der Waals surface area contributed by atoms with Gasteiger partial charge in [0.2, 0.25) is 0 Å². The number of anilines is 1. The summed E-state index contributed by atoms with van der Waals surface area (Å²) >= 11 is 0. The van der Waals surface area contributed by atoms with Gasteiger partial charge in [0.05, 0.1) is 0 Å². The first-order valence-corrected chi connectivity index (χ1v) is 5.70. The predicted molar refractivity (Wildman–Crippen MR) is 67.1 cm³/mol. The SMILES string of the molecule is CCCC(C)N(C)c1ccc(CN)cc1. The minimum Gasteiger partial charge on any atom is -0.372 e. The van der Waals surface area contributed by atoms with Crippen LogP contribution in [-0.2, 0) is 6.54 Å². The van der Waals surface area contributed by atoms with Crippen molar-refractivity contribution >= 4 is 5.69 Å². The van der Waals surface area contributed by atoms with Crippen LogP contribution in [0.25, 0.3) is 0 Å². The fourth-order valence-corrected chi connectivity index (χ4v) is 1.73. The Morgan fingerprint density at radius 1 is 1.27 bits per heavy atom. The molecule has 1 aromatic carbocycles. The van der Waals surface area contributed by atoms with Gasteiger partial charge in [0.1, 0.15) is 0 Å². The Morgan fingerprint density at radius 2 is 1.87 bits per heavy atom. The maximum absolute atomic E-state index is 5.57. The van der Waals surface area contributed by atoms with Crippen LogP contribution in [0.15, 0.2) is 24.3 Å². The Kier molecular flexibility index (Phi) is 4.63. The molecule has 2 N–H and O–H groups in total. The van der Waals surface area contributed by atoms with E-state index < -0.39 is 0 Å². The van der Waals surface area contributed by atoms with Crippen molar-refractivity contribution in [3.8, 4) is 0 Å². The van der Waals surface area contributed by atoms with Crippen LogP contribution in [0.1, 0.15) is 32.3 Å². The highest BCUT2D eigenvalue weighted by molar-refractivity contribution is 5.47. The molecule has 0 bridgehead atoms. The molecule has 0 aliphatic heterocycles. The van der Waals surface area contributed by atoms with Gasteiger partial charge in [-0.05, 0) is 31.0 Å². The molecule has 0 aromatic heterocycles. The van der Waals surface area contributed by atoms with Crippen LogP contribution in [0.5, 0.6) is 0 Å². The first-order chi connectivity index (χ1) is 7.19. The standard InChI is InChI=1S/C13H22N2/c1-4-5-11(2)15(3)13-8-6-12(10-14)7-9-13/h6-9,11H,4-5,10,14H2,1-3H3. The van der Waals surface area contributed by atoms with E-state index in [1.165, 1.54) is 24.1 Å². The maximum Gasteiger partial charge on any atom is 0.0366 e. The van der Waals surface area contributed by atoms with E-state index in [4.69, 9.17) is 5.73 Å². The molecule has 1 aromatic rings. The summed E-state index contributed by atoms with van der Waals surface area (Å²) < 4.78 is 0. The smallest absolute Gasteiger partial charge is 0.0366 e. The van der Waals surface area contributed by atoms with Gasteiger partial charge in [-0.15, -0.1) is 0 Å². The van der Waals surface area contributed by atoms with E-state index in [-0.39, 0.29) is 0 Å². The molecule has 0 fully saturated rings. The lowest BCUT2D eigenvalue weighted by atomic mass is 10.1. The molecule has 0 radical (unpaired) electrons. The molecule has 0 saturated heterocycles. The van der Waals surface area contributed by atoms with Crippen LogP contribution in [0.4, 0.5) is 5.69 Å². The Morgan fingerprint density at radius 3 is 2.33 bits per heavy atom. The summed E-state index contributed by atoms with van der Waals surface area (Å²) in [6, 6.07) is 9.09. The lowest BCUT2D eigenvalue weighted by Crippen LogP contribution is -2.28. The van der Waals surface area contributed by atoms with Crippen molar-refractivity contribution in [3.05, 3.63) is 29.8 Å². The molecule has 0 aliphatic rings. The molecule has 1 unspecified atom stereocenters.